The summed E-state index contributed by atoms with van der Waals surface area (Å²) in [7, 11) is 1.85. The number of amidine groups is 1. The minimum absolute atomic E-state index is 0.175. The standard InChI is InChI=1S/C11H16FN3/c1-7(2)15(3)9-6-4-5-8(12)10(9)11(13)14/h4-7H,1-3H3,(H3,13,14). The van der Waals surface area contributed by atoms with Crippen LogP contribution in [0.25, 0.3) is 0 Å². The van der Waals surface area contributed by atoms with Gasteiger partial charge in [-0.15, -0.1) is 0 Å². The van der Waals surface area contributed by atoms with Crippen molar-refractivity contribution in [1.82, 2.24) is 0 Å². The van der Waals surface area contributed by atoms with Gasteiger partial charge in [0.25, 0.3) is 0 Å². The molecule has 0 amide bonds. The fraction of sp³-hybridized carbons (Fsp3) is 0.364. The molecule has 0 radical (unpaired) electrons. The molecule has 1 aromatic carbocycles. The number of nitrogens with one attached hydrogen (secondary N) is 1. The SMILES string of the molecule is CC(C)N(C)c1cccc(F)c1C(=N)N. The molecule has 15 heavy (non-hydrogen) atoms. The van der Waals surface area contributed by atoms with Crippen LogP contribution >= 0.6 is 0 Å². The summed E-state index contributed by atoms with van der Waals surface area (Å²) >= 11 is 0. The number of hydrogen-bond donors (Lipinski definition) is 2. The van der Waals surface area contributed by atoms with Crippen molar-refractivity contribution in [3.05, 3.63) is 29.6 Å². The first-order chi connectivity index (χ1) is 6.95. The van der Waals surface area contributed by atoms with Crippen molar-refractivity contribution in [3.8, 4) is 0 Å². The van der Waals surface area contributed by atoms with Gasteiger partial charge < -0.3 is 10.6 Å². The van der Waals surface area contributed by atoms with E-state index in [4.69, 9.17) is 11.1 Å². The van der Waals surface area contributed by atoms with Crippen molar-refractivity contribution in [2.24, 2.45) is 5.73 Å². The Hall–Kier alpha value is -1.58. The molecular formula is C11H16FN3. The van der Waals surface area contributed by atoms with Gasteiger partial charge in [-0.05, 0) is 26.0 Å². The smallest absolute Gasteiger partial charge is 0.136 e. The number of benzene rings is 1. The van der Waals surface area contributed by atoms with Crippen LogP contribution in [-0.2, 0) is 0 Å². The summed E-state index contributed by atoms with van der Waals surface area (Å²) < 4.78 is 13.5. The van der Waals surface area contributed by atoms with Crippen LogP contribution in [0.4, 0.5) is 10.1 Å². The highest BCUT2D eigenvalue weighted by Gasteiger charge is 2.15. The van der Waals surface area contributed by atoms with E-state index in [2.05, 4.69) is 0 Å². The summed E-state index contributed by atoms with van der Waals surface area (Å²) in [4.78, 5) is 1.89. The van der Waals surface area contributed by atoms with E-state index < -0.39 is 5.82 Å². The van der Waals surface area contributed by atoms with E-state index in [0.717, 1.165) is 0 Å². The highest BCUT2D eigenvalue weighted by atomic mass is 19.1. The van der Waals surface area contributed by atoms with Crippen LogP contribution in [0.1, 0.15) is 19.4 Å². The molecule has 3 nitrogen and oxygen atoms in total. The van der Waals surface area contributed by atoms with Gasteiger partial charge in [-0.25, -0.2) is 4.39 Å². The van der Waals surface area contributed by atoms with Crippen molar-refractivity contribution >= 4 is 11.5 Å². The summed E-state index contributed by atoms with van der Waals surface area (Å²) in [5, 5.41) is 7.36. The summed E-state index contributed by atoms with van der Waals surface area (Å²) in [6, 6.07) is 4.93. The Morgan fingerprint density at radius 3 is 2.53 bits per heavy atom. The van der Waals surface area contributed by atoms with E-state index in [1.54, 1.807) is 12.1 Å². The number of rotatable bonds is 3. The van der Waals surface area contributed by atoms with Crippen molar-refractivity contribution < 1.29 is 4.39 Å². The highest BCUT2D eigenvalue weighted by Crippen LogP contribution is 2.23. The number of nitrogens with two attached hydrogens (primary N) is 1. The molecule has 4 heteroatoms. The first-order valence-corrected chi connectivity index (χ1v) is 4.81. The van der Waals surface area contributed by atoms with E-state index in [9.17, 15) is 4.39 Å². The van der Waals surface area contributed by atoms with E-state index >= 15 is 0 Å². The highest BCUT2D eigenvalue weighted by molar-refractivity contribution is 6.00. The van der Waals surface area contributed by atoms with Gasteiger partial charge >= 0.3 is 0 Å². The Bertz CT molecular complexity index is 374. The van der Waals surface area contributed by atoms with Gasteiger partial charge in [-0.3, -0.25) is 5.41 Å². The van der Waals surface area contributed by atoms with Gasteiger partial charge in [0.15, 0.2) is 0 Å². The predicted molar refractivity (Wildman–Crippen MR) is 61.0 cm³/mol. The molecule has 0 saturated carbocycles. The molecule has 0 atom stereocenters. The largest absolute Gasteiger partial charge is 0.384 e. The molecule has 1 rings (SSSR count). The summed E-state index contributed by atoms with van der Waals surface area (Å²) in [5.74, 6) is -0.692. The minimum Gasteiger partial charge on any atom is -0.384 e. The molecule has 0 saturated heterocycles. The van der Waals surface area contributed by atoms with Crippen molar-refractivity contribution in [2.45, 2.75) is 19.9 Å². The molecule has 82 valence electrons. The number of hydrogen-bond acceptors (Lipinski definition) is 2. The second-order valence-electron chi connectivity index (χ2n) is 3.75. The average molecular weight is 209 g/mol. The zero-order valence-corrected chi connectivity index (χ0v) is 9.21. The van der Waals surface area contributed by atoms with Crippen LogP contribution in [0.2, 0.25) is 0 Å². The molecule has 0 aliphatic heterocycles. The summed E-state index contributed by atoms with van der Waals surface area (Å²) in [6.45, 7) is 3.99. The molecule has 0 aromatic heterocycles. The van der Waals surface area contributed by atoms with E-state index in [1.807, 2.05) is 25.8 Å². The number of anilines is 1. The maximum Gasteiger partial charge on any atom is 0.136 e. The van der Waals surface area contributed by atoms with Crippen molar-refractivity contribution in [3.63, 3.8) is 0 Å². The van der Waals surface area contributed by atoms with Gasteiger partial charge in [0.2, 0.25) is 0 Å². The third-order valence-electron chi connectivity index (χ3n) is 2.42. The first-order valence-electron chi connectivity index (χ1n) is 4.81. The monoisotopic (exact) mass is 209 g/mol. The van der Waals surface area contributed by atoms with Crippen LogP contribution < -0.4 is 10.6 Å². The zero-order valence-electron chi connectivity index (χ0n) is 9.21. The number of halogens is 1. The lowest BCUT2D eigenvalue weighted by atomic mass is 10.1. The van der Waals surface area contributed by atoms with Gasteiger partial charge in [0.05, 0.1) is 11.3 Å². The lowest BCUT2D eigenvalue weighted by molar-refractivity contribution is 0.622. The molecule has 0 aliphatic carbocycles. The predicted octanol–water partition coefficient (Wildman–Crippen LogP) is 1.95. The molecule has 0 fully saturated rings. The Kier molecular flexibility index (Phi) is 3.29. The minimum atomic E-state index is -0.451. The fourth-order valence-electron chi connectivity index (χ4n) is 1.35. The molecule has 0 unspecified atom stereocenters. The van der Waals surface area contributed by atoms with Crippen LogP contribution in [0, 0.1) is 11.2 Å². The second-order valence-corrected chi connectivity index (χ2v) is 3.75. The van der Waals surface area contributed by atoms with Crippen LogP contribution in [0.3, 0.4) is 0 Å². The van der Waals surface area contributed by atoms with Crippen LogP contribution in [0.5, 0.6) is 0 Å². The molecule has 0 spiro atoms. The fourth-order valence-corrected chi connectivity index (χ4v) is 1.35. The first kappa shape index (κ1) is 11.5. The third-order valence-corrected chi connectivity index (χ3v) is 2.42. The van der Waals surface area contributed by atoms with Gasteiger partial charge in [-0.1, -0.05) is 6.07 Å². The average Bonchev–Trinajstić information content (AvgIpc) is 2.15. The third kappa shape index (κ3) is 2.26. The zero-order chi connectivity index (χ0) is 11.6. The van der Waals surface area contributed by atoms with Gasteiger partial charge in [0.1, 0.15) is 11.7 Å². The Labute approximate surface area is 89.2 Å². The van der Waals surface area contributed by atoms with E-state index in [0.29, 0.717) is 5.69 Å². The van der Waals surface area contributed by atoms with Gasteiger partial charge in [-0.2, -0.15) is 0 Å². The topological polar surface area (TPSA) is 53.1 Å². The second kappa shape index (κ2) is 4.29. The van der Waals surface area contributed by atoms with E-state index in [1.165, 1.54) is 6.07 Å². The Morgan fingerprint density at radius 2 is 2.07 bits per heavy atom. The normalized spacial score (nSPS) is 10.5. The van der Waals surface area contributed by atoms with E-state index in [-0.39, 0.29) is 17.4 Å². The molecule has 3 N–H and O–H groups in total. The molecular weight excluding hydrogens is 193 g/mol. The maximum absolute atomic E-state index is 13.5. The molecule has 0 bridgehead atoms. The lowest BCUT2D eigenvalue weighted by Gasteiger charge is -2.26. The van der Waals surface area contributed by atoms with Crippen molar-refractivity contribution in [1.29, 1.82) is 5.41 Å². The molecule has 1 aromatic rings. The Balaban J connectivity index is 3.29. The summed E-state index contributed by atoms with van der Waals surface area (Å²) in [6.07, 6.45) is 0. The quantitative estimate of drug-likeness (QED) is 0.590. The van der Waals surface area contributed by atoms with Crippen LogP contribution in [-0.4, -0.2) is 18.9 Å². The van der Waals surface area contributed by atoms with Gasteiger partial charge in [0, 0.05) is 13.1 Å². The van der Waals surface area contributed by atoms with Crippen LogP contribution in [0.15, 0.2) is 18.2 Å². The molecule has 0 aliphatic rings. The summed E-state index contributed by atoms with van der Waals surface area (Å²) in [5.41, 5.74) is 6.20. The molecule has 0 heterocycles. The number of nitrogens with zero attached hydrogens (tertiary/aromatic N) is 1. The maximum atomic E-state index is 13.5. The number of nitrogen functional groups attached to an aromatic ring is 1. The van der Waals surface area contributed by atoms with Crippen molar-refractivity contribution in [2.75, 3.05) is 11.9 Å². The Morgan fingerprint density at radius 1 is 1.47 bits per heavy atom. The lowest BCUT2D eigenvalue weighted by Crippen LogP contribution is -2.29.